The van der Waals surface area contributed by atoms with E-state index in [9.17, 15) is 0 Å². The lowest BCUT2D eigenvalue weighted by atomic mass is 9.78. The summed E-state index contributed by atoms with van der Waals surface area (Å²) in [6, 6.07) is 14.5. The maximum atomic E-state index is 5.50. The SMILES string of the molecule is CN=C(NCC1Cc2ccccc21)N(C)Cc1ccc(OC)cc1OC.I. The van der Waals surface area contributed by atoms with Crippen LogP contribution in [0.4, 0.5) is 0 Å². The van der Waals surface area contributed by atoms with Gasteiger partial charge in [0.25, 0.3) is 0 Å². The molecular weight excluding hydrogens is 453 g/mol. The van der Waals surface area contributed by atoms with Crippen LogP contribution < -0.4 is 14.8 Å². The third kappa shape index (κ3) is 4.86. The van der Waals surface area contributed by atoms with Crippen LogP contribution in [0.25, 0.3) is 0 Å². The number of guanidine groups is 1. The number of nitrogens with one attached hydrogen (secondary N) is 1. The number of hydrogen-bond acceptors (Lipinski definition) is 3. The molecule has 146 valence electrons. The summed E-state index contributed by atoms with van der Waals surface area (Å²) in [5.74, 6) is 3.05. The van der Waals surface area contributed by atoms with Crippen molar-refractivity contribution in [3.63, 3.8) is 0 Å². The number of fused-ring (bicyclic) bond motifs is 1. The van der Waals surface area contributed by atoms with Gasteiger partial charge in [0.05, 0.1) is 14.2 Å². The van der Waals surface area contributed by atoms with E-state index >= 15 is 0 Å². The highest BCUT2D eigenvalue weighted by Gasteiger charge is 2.25. The van der Waals surface area contributed by atoms with E-state index in [1.165, 1.54) is 11.1 Å². The minimum absolute atomic E-state index is 0. The van der Waals surface area contributed by atoms with Gasteiger partial charge in [-0.1, -0.05) is 24.3 Å². The van der Waals surface area contributed by atoms with Crippen LogP contribution in [0.3, 0.4) is 0 Å². The first-order valence-corrected chi connectivity index (χ1v) is 8.86. The molecule has 0 saturated carbocycles. The lowest BCUT2D eigenvalue weighted by molar-refractivity contribution is 0.382. The highest BCUT2D eigenvalue weighted by molar-refractivity contribution is 14.0. The Morgan fingerprint density at radius 3 is 2.63 bits per heavy atom. The Morgan fingerprint density at radius 1 is 1.19 bits per heavy atom. The van der Waals surface area contributed by atoms with Crippen molar-refractivity contribution in [3.8, 4) is 11.5 Å². The largest absolute Gasteiger partial charge is 0.497 e. The first-order valence-electron chi connectivity index (χ1n) is 8.86. The van der Waals surface area contributed by atoms with Crippen LogP contribution >= 0.6 is 24.0 Å². The molecule has 1 N–H and O–H groups in total. The van der Waals surface area contributed by atoms with E-state index in [0.29, 0.717) is 12.5 Å². The molecule has 3 rings (SSSR count). The summed E-state index contributed by atoms with van der Waals surface area (Å²) in [7, 11) is 7.19. The summed E-state index contributed by atoms with van der Waals surface area (Å²) in [4.78, 5) is 6.53. The average Bonchev–Trinajstić information content (AvgIpc) is 2.65. The molecular formula is C21H28IN3O2. The maximum Gasteiger partial charge on any atom is 0.193 e. The Morgan fingerprint density at radius 2 is 1.96 bits per heavy atom. The van der Waals surface area contributed by atoms with Crippen LogP contribution in [-0.4, -0.2) is 45.7 Å². The van der Waals surface area contributed by atoms with Gasteiger partial charge >= 0.3 is 0 Å². The molecule has 0 aromatic heterocycles. The third-order valence-corrected chi connectivity index (χ3v) is 4.94. The smallest absolute Gasteiger partial charge is 0.193 e. The normalized spacial score (nSPS) is 15.1. The molecule has 1 atom stereocenters. The summed E-state index contributed by atoms with van der Waals surface area (Å²) in [5.41, 5.74) is 4.01. The summed E-state index contributed by atoms with van der Waals surface area (Å²) in [6.45, 7) is 1.60. The number of rotatable bonds is 6. The lowest BCUT2D eigenvalue weighted by Gasteiger charge is -2.32. The van der Waals surface area contributed by atoms with Crippen LogP contribution in [0.5, 0.6) is 11.5 Å². The van der Waals surface area contributed by atoms with Crippen LogP contribution in [0, 0.1) is 0 Å². The maximum absolute atomic E-state index is 5.50. The van der Waals surface area contributed by atoms with Gasteiger partial charge in [-0.3, -0.25) is 4.99 Å². The number of nitrogens with zero attached hydrogens (tertiary/aromatic N) is 2. The lowest BCUT2D eigenvalue weighted by Crippen LogP contribution is -2.41. The zero-order chi connectivity index (χ0) is 18.5. The van der Waals surface area contributed by atoms with Gasteiger partial charge in [0.1, 0.15) is 11.5 Å². The monoisotopic (exact) mass is 481 g/mol. The molecule has 1 unspecified atom stereocenters. The summed E-state index contributed by atoms with van der Waals surface area (Å²) < 4.78 is 10.8. The minimum Gasteiger partial charge on any atom is -0.497 e. The van der Waals surface area contributed by atoms with E-state index in [4.69, 9.17) is 9.47 Å². The van der Waals surface area contributed by atoms with E-state index in [2.05, 4.69) is 39.5 Å². The Hall–Kier alpha value is -1.96. The van der Waals surface area contributed by atoms with Gasteiger partial charge in [0, 0.05) is 44.7 Å². The van der Waals surface area contributed by atoms with Gasteiger partial charge in [0.15, 0.2) is 5.96 Å². The molecule has 6 heteroatoms. The molecule has 0 radical (unpaired) electrons. The van der Waals surface area contributed by atoms with Crippen LogP contribution in [0.1, 0.15) is 22.6 Å². The molecule has 1 aliphatic carbocycles. The summed E-state index contributed by atoms with van der Waals surface area (Å²) in [5, 5.41) is 3.50. The standard InChI is InChI=1S/C21H27N3O2.HI/c1-22-21(23-13-17-11-15-7-5-6-8-19(15)17)24(2)14-16-9-10-18(25-3)12-20(16)26-4;/h5-10,12,17H,11,13-14H2,1-4H3,(H,22,23);1H. The molecule has 0 saturated heterocycles. The Kier molecular flexibility index (Phi) is 7.77. The number of aliphatic imine (C=N–C) groups is 1. The zero-order valence-electron chi connectivity index (χ0n) is 16.4. The number of halogens is 1. The van der Waals surface area contributed by atoms with Gasteiger partial charge in [-0.2, -0.15) is 0 Å². The molecule has 1 aliphatic rings. The quantitative estimate of drug-likeness (QED) is 0.389. The van der Waals surface area contributed by atoms with E-state index < -0.39 is 0 Å². The van der Waals surface area contributed by atoms with Crippen LogP contribution in [0.2, 0.25) is 0 Å². The van der Waals surface area contributed by atoms with Gasteiger partial charge in [-0.25, -0.2) is 0 Å². The molecule has 2 aromatic rings. The predicted octanol–water partition coefficient (Wildman–Crippen LogP) is 3.67. The predicted molar refractivity (Wildman–Crippen MR) is 121 cm³/mol. The van der Waals surface area contributed by atoms with Gasteiger partial charge < -0.3 is 19.7 Å². The fraction of sp³-hybridized carbons (Fsp3) is 0.381. The van der Waals surface area contributed by atoms with E-state index in [1.54, 1.807) is 14.2 Å². The fourth-order valence-electron chi connectivity index (χ4n) is 3.46. The van der Waals surface area contributed by atoms with Crippen molar-refractivity contribution in [2.24, 2.45) is 4.99 Å². The second kappa shape index (κ2) is 9.82. The minimum atomic E-state index is 0. The van der Waals surface area contributed by atoms with Crippen LogP contribution in [0.15, 0.2) is 47.5 Å². The highest BCUT2D eigenvalue weighted by Crippen LogP contribution is 2.34. The number of benzene rings is 2. The van der Waals surface area contributed by atoms with Crippen LogP contribution in [-0.2, 0) is 13.0 Å². The van der Waals surface area contributed by atoms with Gasteiger partial charge in [0.2, 0.25) is 0 Å². The molecule has 0 spiro atoms. The van der Waals surface area contributed by atoms with Gasteiger partial charge in [-0.05, 0) is 29.7 Å². The van der Waals surface area contributed by atoms with E-state index in [1.807, 2.05) is 32.3 Å². The van der Waals surface area contributed by atoms with E-state index in [-0.39, 0.29) is 24.0 Å². The molecule has 0 fully saturated rings. The Labute approximate surface area is 178 Å². The van der Waals surface area contributed by atoms with Crippen molar-refractivity contribution < 1.29 is 9.47 Å². The van der Waals surface area contributed by atoms with Crippen molar-refractivity contribution in [1.82, 2.24) is 10.2 Å². The Bertz CT molecular complexity index is 795. The first kappa shape index (κ1) is 21.3. The number of ether oxygens (including phenoxy) is 2. The number of hydrogen-bond donors (Lipinski definition) is 1. The molecule has 5 nitrogen and oxygen atoms in total. The van der Waals surface area contributed by atoms with Crippen molar-refractivity contribution in [1.29, 1.82) is 0 Å². The molecule has 0 heterocycles. The zero-order valence-corrected chi connectivity index (χ0v) is 18.7. The molecule has 2 aromatic carbocycles. The number of methoxy groups -OCH3 is 2. The second-order valence-electron chi connectivity index (χ2n) is 6.56. The average molecular weight is 481 g/mol. The van der Waals surface area contributed by atoms with E-state index in [0.717, 1.165) is 36.0 Å². The molecule has 0 aliphatic heterocycles. The topological polar surface area (TPSA) is 46.1 Å². The first-order chi connectivity index (χ1) is 12.7. The van der Waals surface area contributed by atoms with Crippen molar-refractivity contribution in [2.45, 2.75) is 18.9 Å². The fourth-order valence-corrected chi connectivity index (χ4v) is 3.46. The van der Waals surface area contributed by atoms with Crippen molar-refractivity contribution in [2.75, 3.05) is 34.9 Å². The Balaban J connectivity index is 0.00000261. The third-order valence-electron chi connectivity index (χ3n) is 4.94. The second-order valence-corrected chi connectivity index (χ2v) is 6.56. The molecule has 0 amide bonds. The summed E-state index contributed by atoms with van der Waals surface area (Å²) in [6.07, 6.45) is 1.14. The summed E-state index contributed by atoms with van der Waals surface area (Å²) >= 11 is 0. The molecule has 27 heavy (non-hydrogen) atoms. The van der Waals surface area contributed by atoms with Gasteiger partial charge in [-0.15, -0.1) is 24.0 Å². The highest BCUT2D eigenvalue weighted by atomic mass is 127. The molecule has 0 bridgehead atoms. The van der Waals surface area contributed by atoms with Crippen molar-refractivity contribution >= 4 is 29.9 Å². The van der Waals surface area contributed by atoms with Crippen molar-refractivity contribution in [3.05, 3.63) is 59.2 Å².